The van der Waals surface area contributed by atoms with Gasteiger partial charge in [-0.3, -0.25) is 9.59 Å². The van der Waals surface area contributed by atoms with Crippen molar-refractivity contribution < 1.29 is 14.3 Å². The molecule has 0 radical (unpaired) electrons. The molecular weight excluding hydrogens is 449 g/mol. The molecule has 0 aliphatic carbocycles. The lowest BCUT2D eigenvalue weighted by atomic mass is 10.1. The fourth-order valence-electron chi connectivity index (χ4n) is 2.90. The smallest absolute Gasteiger partial charge is 0.329 e. The van der Waals surface area contributed by atoms with E-state index < -0.39 is 11.8 Å². The van der Waals surface area contributed by atoms with Gasteiger partial charge in [-0.05, 0) is 79.1 Å². The largest absolute Gasteiger partial charge is 0.489 e. The molecule has 0 saturated heterocycles. The SMILES string of the molecule is Cc1cc(C)cc(NC(=O)C(=O)N/N=C/c2ccc(OCc3ccc(Cl)cc3Cl)cc2)c1. The third-order valence-electron chi connectivity index (χ3n) is 4.36. The molecule has 0 bridgehead atoms. The summed E-state index contributed by atoms with van der Waals surface area (Å²) in [7, 11) is 0. The summed E-state index contributed by atoms with van der Waals surface area (Å²) in [6.45, 7) is 4.13. The maximum atomic E-state index is 12.0. The van der Waals surface area contributed by atoms with Crippen LogP contribution in [-0.4, -0.2) is 18.0 Å². The molecule has 3 rings (SSSR count). The summed E-state index contributed by atoms with van der Waals surface area (Å²) in [5.74, 6) is -1.01. The summed E-state index contributed by atoms with van der Waals surface area (Å²) < 4.78 is 5.72. The van der Waals surface area contributed by atoms with Crippen LogP contribution >= 0.6 is 23.2 Å². The second-order valence-electron chi connectivity index (χ2n) is 7.12. The first kappa shape index (κ1) is 23.3. The number of carbonyl (C=O) groups is 2. The number of nitrogens with zero attached hydrogens (tertiary/aromatic N) is 1. The summed E-state index contributed by atoms with van der Waals surface area (Å²) in [5, 5.41) is 7.49. The molecule has 0 heterocycles. The molecule has 8 heteroatoms. The van der Waals surface area contributed by atoms with Gasteiger partial charge in [-0.25, -0.2) is 5.43 Å². The molecule has 0 fully saturated rings. The van der Waals surface area contributed by atoms with Crippen LogP contribution in [0.1, 0.15) is 22.3 Å². The Morgan fingerprint density at radius 1 is 0.938 bits per heavy atom. The lowest BCUT2D eigenvalue weighted by molar-refractivity contribution is -0.136. The molecule has 0 unspecified atom stereocenters. The zero-order valence-electron chi connectivity index (χ0n) is 17.5. The molecule has 32 heavy (non-hydrogen) atoms. The van der Waals surface area contributed by atoms with E-state index in [-0.39, 0.29) is 0 Å². The van der Waals surface area contributed by atoms with Crippen LogP contribution in [-0.2, 0) is 16.2 Å². The third-order valence-corrected chi connectivity index (χ3v) is 4.94. The van der Waals surface area contributed by atoms with Crippen LogP contribution in [0.4, 0.5) is 5.69 Å². The number of halogens is 2. The summed E-state index contributed by atoms with van der Waals surface area (Å²) in [5.41, 5.74) is 6.29. The van der Waals surface area contributed by atoms with E-state index in [1.807, 2.05) is 26.0 Å². The van der Waals surface area contributed by atoms with Crippen molar-refractivity contribution in [3.63, 3.8) is 0 Å². The Morgan fingerprint density at radius 3 is 2.28 bits per heavy atom. The maximum absolute atomic E-state index is 12.0. The molecule has 3 aromatic rings. The highest BCUT2D eigenvalue weighted by molar-refractivity contribution is 6.39. The van der Waals surface area contributed by atoms with Gasteiger partial charge < -0.3 is 10.1 Å². The van der Waals surface area contributed by atoms with E-state index in [0.717, 1.165) is 22.3 Å². The Morgan fingerprint density at radius 2 is 1.62 bits per heavy atom. The zero-order chi connectivity index (χ0) is 23.1. The third kappa shape index (κ3) is 6.83. The molecule has 164 valence electrons. The van der Waals surface area contributed by atoms with Gasteiger partial charge in [-0.1, -0.05) is 35.3 Å². The Hall–Kier alpha value is -3.35. The summed E-state index contributed by atoms with van der Waals surface area (Å²) in [6.07, 6.45) is 1.43. The van der Waals surface area contributed by atoms with Crippen LogP contribution in [0.25, 0.3) is 0 Å². The second-order valence-corrected chi connectivity index (χ2v) is 7.97. The molecule has 0 aliphatic heterocycles. The van der Waals surface area contributed by atoms with Gasteiger partial charge in [0.15, 0.2) is 0 Å². The highest BCUT2D eigenvalue weighted by Gasteiger charge is 2.13. The number of anilines is 1. The fraction of sp³-hybridized carbons (Fsp3) is 0.125. The topological polar surface area (TPSA) is 79.8 Å². The van der Waals surface area contributed by atoms with Gasteiger partial charge in [0, 0.05) is 21.3 Å². The molecule has 0 aromatic heterocycles. The van der Waals surface area contributed by atoms with Crippen molar-refractivity contribution in [1.82, 2.24) is 5.43 Å². The second kappa shape index (κ2) is 10.8. The van der Waals surface area contributed by atoms with Gasteiger partial charge in [0.1, 0.15) is 12.4 Å². The minimum atomic E-state index is -0.861. The van der Waals surface area contributed by atoms with Crippen molar-refractivity contribution in [3.8, 4) is 5.75 Å². The molecule has 2 N–H and O–H groups in total. The molecule has 6 nitrogen and oxygen atoms in total. The highest BCUT2D eigenvalue weighted by Crippen LogP contribution is 2.22. The highest BCUT2D eigenvalue weighted by atomic mass is 35.5. The van der Waals surface area contributed by atoms with Crippen LogP contribution in [0.3, 0.4) is 0 Å². The van der Waals surface area contributed by atoms with Crippen molar-refractivity contribution >= 4 is 46.9 Å². The quantitative estimate of drug-likeness (QED) is 0.292. The van der Waals surface area contributed by atoms with Crippen LogP contribution < -0.4 is 15.5 Å². The fourth-order valence-corrected chi connectivity index (χ4v) is 3.36. The first-order chi connectivity index (χ1) is 15.3. The number of nitrogens with one attached hydrogen (secondary N) is 2. The monoisotopic (exact) mass is 469 g/mol. The average molecular weight is 470 g/mol. The van der Waals surface area contributed by atoms with E-state index in [4.69, 9.17) is 27.9 Å². The van der Waals surface area contributed by atoms with E-state index in [2.05, 4.69) is 15.8 Å². The van der Waals surface area contributed by atoms with E-state index in [1.165, 1.54) is 6.21 Å². The standard InChI is InChI=1S/C24H21Cl2N3O3/c1-15-9-16(2)11-20(10-15)28-23(30)24(31)29-27-13-17-3-7-21(8-4-17)32-14-18-5-6-19(25)12-22(18)26/h3-13H,14H2,1-2H3,(H,28,30)(H,29,31)/b27-13+. The number of hydrogen-bond acceptors (Lipinski definition) is 4. The van der Waals surface area contributed by atoms with E-state index in [9.17, 15) is 9.59 Å². The van der Waals surface area contributed by atoms with Crippen molar-refractivity contribution in [3.05, 3.63) is 93.0 Å². The number of benzene rings is 3. The van der Waals surface area contributed by atoms with Gasteiger partial charge in [0.05, 0.1) is 6.21 Å². The number of hydrogen-bond donors (Lipinski definition) is 2. The summed E-state index contributed by atoms with van der Waals surface area (Å²) >= 11 is 12.0. The van der Waals surface area contributed by atoms with Gasteiger partial charge >= 0.3 is 11.8 Å². The zero-order valence-corrected chi connectivity index (χ0v) is 19.0. The molecule has 0 spiro atoms. The summed E-state index contributed by atoms with van der Waals surface area (Å²) in [6, 6.07) is 17.8. The molecular formula is C24H21Cl2N3O3. The van der Waals surface area contributed by atoms with Gasteiger partial charge in [-0.2, -0.15) is 5.10 Å². The van der Waals surface area contributed by atoms with Crippen molar-refractivity contribution in [1.29, 1.82) is 0 Å². The van der Waals surface area contributed by atoms with Crippen molar-refractivity contribution in [2.75, 3.05) is 5.32 Å². The average Bonchev–Trinajstić information content (AvgIpc) is 2.73. The van der Waals surface area contributed by atoms with E-state index >= 15 is 0 Å². The number of carbonyl (C=O) groups excluding carboxylic acids is 2. The van der Waals surface area contributed by atoms with Crippen molar-refractivity contribution in [2.24, 2.45) is 5.10 Å². The van der Waals surface area contributed by atoms with Gasteiger partial charge in [-0.15, -0.1) is 0 Å². The van der Waals surface area contributed by atoms with Crippen LogP contribution in [0.5, 0.6) is 5.75 Å². The van der Waals surface area contributed by atoms with Crippen LogP contribution in [0.2, 0.25) is 10.0 Å². The van der Waals surface area contributed by atoms with Crippen LogP contribution in [0, 0.1) is 13.8 Å². The first-order valence-corrected chi connectivity index (χ1v) is 10.5. The Labute approximate surface area is 196 Å². The Kier molecular flexibility index (Phi) is 7.87. The number of rotatable bonds is 6. The normalized spacial score (nSPS) is 10.8. The minimum absolute atomic E-state index is 0.301. The molecule has 2 amide bonds. The summed E-state index contributed by atoms with van der Waals surface area (Å²) in [4.78, 5) is 24.0. The lowest BCUT2D eigenvalue weighted by Crippen LogP contribution is -2.32. The van der Waals surface area contributed by atoms with E-state index in [1.54, 1.807) is 48.5 Å². The van der Waals surface area contributed by atoms with Crippen LogP contribution in [0.15, 0.2) is 65.8 Å². The van der Waals surface area contributed by atoms with Crippen molar-refractivity contribution in [2.45, 2.75) is 20.5 Å². The Balaban J connectivity index is 1.49. The molecule has 3 aromatic carbocycles. The molecule has 0 saturated carbocycles. The first-order valence-electron chi connectivity index (χ1n) is 9.69. The number of aryl methyl sites for hydroxylation is 2. The minimum Gasteiger partial charge on any atom is -0.489 e. The number of ether oxygens (including phenoxy) is 1. The van der Waals surface area contributed by atoms with E-state index in [0.29, 0.717) is 28.1 Å². The molecule has 0 aliphatic rings. The predicted octanol–water partition coefficient (Wildman–Crippen LogP) is 5.28. The molecule has 0 atom stereocenters. The predicted molar refractivity (Wildman–Crippen MR) is 128 cm³/mol. The van der Waals surface area contributed by atoms with Gasteiger partial charge in [0.2, 0.25) is 0 Å². The Bertz CT molecular complexity index is 1140. The lowest BCUT2D eigenvalue weighted by Gasteiger charge is -2.08. The number of amides is 2. The van der Waals surface area contributed by atoms with Gasteiger partial charge in [0.25, 0.3) is 0 Å². The maximum Gasteiger partial charge on any atom is 0.329 e. The number of hydrazone groups is 1.